The molecule has 1 fully saturated rings. The van der Waals surface area contributed by atoms with Gasteiger partial charge in [0, 0.05) is 38.9 Å². The minimum Gasteiger partial charge on any atom is -0.344 e. The van der Waals surface area contributed by atoms with Gasteiger partial charge in [0.15, 0.2) is 0 Å². The van der Waals surface area contributed by atoms with E-state index in [4.69, 9.17) is 0 Å². The van der Waals surface area contributed by atoms with Crippen molar-refractivity contribution in [1.82, 2.24) is 24.5 Å². The molecule has 0 aliphatic carbocycles. The van der Waals surface area contributed by atoms with Crippen LogP contribution in [-0.2, 0) is 22.6 Å². The lowest BCUT2D eigenvalue weighted by Crippen LogP contribution is -2.56. The van der Waals surface area contributed by atoms with Crippen LogP contribution < -0.4 is 5.32 Å². The highest BCUT2D eigenvalue weighted by atomic mass is 16.2. The van der Waals surface area contributed by atoms with Crippen LogP contribution in [0.15, 0.2) is 66.9 Å². The lowest BCUT2D eigenvalue weighted by molar-refractivity contribution is -0.139. The third-order valence-electron chi connectivity index (χ3n) is 7.37. The highest BCUT2D eigenvalue weighted by Gasteiger charge is 2.31. The summed E-state index contributed by atoms with van der Waals surface area (Å²) in [7, 11) is 0. The summed E-state index contributed by atoms with van der Waals surface area (Å²) in [5, 5.41) is 5.23. The number of carbonyl (C=O) groups excluding carboxylic acids is 2. The molecule has 7 heteroatoms. The van der Waals surface area contributed by atoms with Crippen molar-refractivity contribution in [2.24, 2.45) is 5.92 Å². The number of nitrogens with zero attached hydrogens (tertiary/aromatic N) is 4. The molecule has 2 aromatic carbocycles. The molecule has 2 amide bonds. The number of rotatable bonds is 7. The smallest absolute Gasteiger partial charge is 0.245 e. The maximum atomic E-state index is 13.5. The lowest BCUT2D eigenvalue weighted by atomic mass is 9.99. The average molecular weight is 498 g/mol. The molecule has 192 valence electrons. The molecule has 3 heterocycles. The van der Waals surface area contributed by atoms with Crippen LogP contribution in [0, 0.1) is 12.8 Å². The van der Waals surface area contributed by atoms with Gasteiger partial charge in [0.2, 0.25) is 11.8 Å². The summed E-state index contributed by atoms with van der Waals surface area (Å²) in [4.78, 5) is 35.4. The molecular formula is C30H35N5O2. The summed E-state index contributed by atoms with van der Waals surface area (Å²) in [6.45, 7) is 9.72. The Morgan fingerprint density at radius 3 is 2.46 bits per heavy atom. The van der Waals surface area contributed by atoms with Crippen molar-refractivity contribution >= 4 is 28.2 Å². The molecule has 1 aliphatic heterocycles. The van der Waals surface area contributed by atoms with Crippen LogP contribution in [-0.4, -0.2) is 63.2 Å². The van der Waals surface area contributed by atoms with Crippen LogP contribution in [0.3, 0.4) is 0 Å². The molecule has 4 aromatic rings. The molecule has 2 aromatic heterocycles. The zero-order chi connectivity index (χ0) is 25.9. The summed E-state index contributed by atoms with van der Waals surface area (Å²) in [6, 6.07) is 19.6. The van der Waals surface area contributed by atoms with E-state index in [1.807, 2.05) is 79.4 Å². The van der Waals surface area contributed by atoms with E-state index in [0.717, 1.165) is 47.3 Å². The maximum absolute atomic E-state index is 13.5. The Bertz CT molecular complexity index is 1410. The number of aromatic nitrogens is 2. The second-order valence-corrected chi connectivity index (χ2v) is 10.3. The Hall–Kier alpha value is -3.71. The molecule has 7 nitrogen and oxygen atoms in total. The summed E-state index contributed by atoms with van der Waals surface area (Å²) in [6.07, 6.45) is 2.31. The van der Waals surface area contributed by atoms with Gasteiger partial charge in [0.05, 0.1) is 17.8 Å². The maximum Gasteiger partial charge on any atom is 0.245 e. The Kier molecular flexibility index (Phi) is 7.24. The Morgan fingerprint density at radius 1 is 0.946 bits per heavy atom. The van der Waals surface area contributed by atoms with Crippen LogP contribution in [0.1, 0.15) is 30.8 Å². The number of fused-ring (bicyclic) bond motifs is 2. The Balaban J connectivity index is 1.20. The van der Waals surface area contributed by atoms with E-state index in [0.29, 0.717) is 13.1 Å². The lowest BCUT2D eigenvalue weighted by Gasteiger charge is -2.37. The number of nitrogens with one attached hydrogen (secondary N) is 1. The van der Waals surface area contributed by atoms with Gasteiger partial charge in [0.25, 0.3) is 0 Å². The molecular weight excluding hydrogens is 462 g/mol. The fourth-order valence-electron chi connectivity index (χ4n) is 5.25. The SMILES string of the molecule is Cc1nc2ccccn2c1CN1CCN(C(=O)C(NC(=O)Cc2cccc3ccccc23)C(C)C)CC1. The van der Waals surface area contributed by atoms with Crippen molar-refractivity contribution in [2.75, 3.05) is 26.2 Å². The Morgan fingerprint density at radius 2 is 1.68 bits per heavy atom. The van der Waals surface area contributed by atoms with Crippen molar-refractivity contribution in [3.8, 4) is 0 Å². The molecule has 37 heavy (non-hydrogen) atoms. The molecule has 5 rings (SSSR count). The number of aryl methyl sites for hydroxylation is 1. The van der Waals surface area contributed by atoms with E-state index in [1.54, 1.807) is 0 Å². The first-order valence-corrected chi connectivity index (χ1v) is 13.1. The van der Waals surface area contributed by atoms with E-state index in [9.17, 15) is 9.59 Å². The molecule has 0 bridgehead atoms. The number of benzene rings is 2. The molecule has 1 saturated heterocycles. The van der Waals surface area contributed by atoms with Crippen molar-refractivity contribution < 1.29 is 9.59 Å². The van der Waals surface area contributed by atoms with Crippen molar-refractivity contribution in [1.29, 1.82) is 0 Å². The standard InChI is InChI=1S/C30H35N5O2/c1-21(2)29(32-28(36)19-24-11-8-10-23-9-4-5-12-25(23)24)30(37)34-17-15-33(16-18-34)20-26-22(3)31-27-13-6-7-14-35(26)27/h4-14,21,29H,15-20H2,1-3H3,(H,32,36). The summed E-state index contributed by atoms with van der Waals surface area (Å²) in [5.74, 6) is -0.111. The number of hydrogen-bond donors (Lipinski definition) is 1. The van der Waals surface area contributed by atoms with Crippen LogP contribution in [0.5, 0.6) is 0 Å². The fraction of sp³-hybridized carbons (Fsp3) is 0.367. The van der Waals surface area contributed by atoms with Crippen LogP contribution in [0.25, 0.3) is 16.4 Å². The third kappa shape index (κ3) is 5.37. The van der Waals surface area contributed by atoms with Gasteiger partial charge in [-0.25, -0.2) is 4.98 Å². The zero-order valence-electron chi connectivity index (χ0n) is 21.9. The third-order valence-corrected chi connectivity index (χ3v) is 7.37. The summed E-state index contributed by atoms with van der Waals surface area (Å²) in [5.41, 5.74) is 4.17. The molecule has 1 aliphatic rings. The minimum atomic E-state index is -0.532. The van der Waals surface area contributed by atoms with E-state index in [2.05, 4.69) is 32.7 Å². The second kappa shape index (κ2) is 10.7. The number of amides is 2. The van der Waals surface area contributed by atoms with Gasteiger partial charge >= 0.3 is 0 Å². The second-order valence-electron chi connectivity index (χ2n) is 10.3. The molecule has 1 atom stereocenters. The minimum absolute atomic E-state index is 0.00260. The van der Waals surface area contributed by atoms with Crippen LogP contribution in [0.4, 0.5) is 0 Å². The van der Waals surface area contributed by atoms with Gasteiger partial charge in [0.1, 0.15) is 11.7 Å². The summed E-state index contributed by atoms with van der Waals surface area (Å²) >= 11 is 0. The predicted octanol–water partition coefficient (Wildman–Crippen LogP) is 3.82. The summed E-state index contributed by atoms with van der Waals surface area (Å²) < 4.78 is 2.15. The van der Waals surface area contributed by atoms with Gasteiger partial charge in [-0.1, -0.05) is 62.4 Å². The average Bonchev–Trinajstić information content (AvgIpc) is 3.22. The fourth-order valence-corrected chi connectivity index (χ4v) is 5.25. The molecule has 0 spiro atoms. The zero-order valence-corrected chi connectivity index (χ0v) is 21.9. The van der Waals surface area contributed by atoms with E-state index < -0.39 is 6.04 Å². The molecule has 1 unspecified atom stereocenters. The highest BCUT2D eigenvalue weighted by molar-refractivity contribution is 5.92. The van der Waals surface area contributed by atoms with E-state index >= 15 is 0 Å². The van der Waals surface area contributed by atoms with E-state index in [1.165, 1.54) is 5.69 Å². The van der Waals surface area contributed by atoms with Crippen molar-refractivity contribution in [3.63, 3.8) is 0 Å². The first-order valence-electron chi connectivity index (χ1n) is 13.1. The van der Waals surface area contributed by atoms with Gasteiger partial charge in [-0.05, 0) is 41.3 Å². The number of pyridine rings is 1. The first kappa shape index (κ1) is 25.0. The van der Waals surface area contributed by atoms with Crippen molar-refractivity contribution in [2.45, 2.75) is 39.8 Å². The van der Waals surface area contributed by atoms with Crippen molar-refractivity contribution in [3.05, 3.63) is 83.8 Å². The molecule has 1 N–H and O–H groups in total. The van der Waals surface area contributed by atoms with Crippen LogP contribution in [0.2, 0.25) is 0 Å². The molecule has 0 radical (unpaired) electrons. The number of carbonyl (C=O) groups is 2. The van der Waals surface area contributed by atoms with Crippen LogP contribution >= 0.6 is 0 Å². The monoisotopic (exact) mass is 497 g/mol. The predicted molar refractivity (Wildman–Crippen MR) is 146 cm³/mol. The topological polar surface area (TPSA) is 70.0 Å². The first-order chi connectivity index (χ1) is 17.9. The number of hydrogen-bond acceptors (Lipinski definition) is 4. The number of imidazole rings is 1. The quantitative estimate of drug-likeness (QED) is 0.421. The number of piperazine rings is 1. The van der Waals surface area contributed by atoms with E-state index in [-0.39, 0.29) is 24.2 Å². The highest BCUT2D eigenvalue weighted by Crippen LogP contribution is 2.20. The van der Waals surface area contributed by atoms with Gasteiger partial charge < -0.3 is 14.6 Å². The molecule has 0 saturated carbocycles. The van der Waals surface area contributed by atoms with Gasteiger partial charge in [-0.2, -0.15) is 0 Å². The van der Waals surface area contributed by atoms with Gasteiger partial charge in [-0.3, -0.25) is 14.5 Å². The normalized spacial score (nSPS) is 15.4. The largest absolute Gasteiger partial charge is 0.344 e. The van der Waals surface area contributed by atoms with Gasteiger partial charge in [-0.15, -0.1) is 0 Å². The Labute approximate surface area is 218 Å².